The SMILES string of the molecule is [B]c1ccc(OC2CCOCC2)c(C#N)n1. The molecule has 1 aliphatic rings. The van der Waals surface area contributed by atoms with E-state index in [1.165, 1.54) is 0 Å². The van der Waals surface area contributed by atoms with Crippen LogP contribution >= 0.6 is 0 Å². The molecule has 1 aromatic heterocycles. The maximum absolute atomic E-state index is 8.90. The zero-order valence-electron chi connectivity index (χ0n) is 8.85. The van der Waals surface area contributed by atoms with E-state index in [-0.39, 0.29) is 11.8 Å². The first-order valence-electron chi connectivity index (χ1n) is 5.20. The van der Waals surface area contributed by atoms with Gasteiger partial charge in [-0.2, -0.15) is 5.26 Å². The Balaban J connectivity index is 2.11. The first kappa shape index (κ1) is 11.0. The van der Waals surface area contributed by atoms with Crippen LogP contribution < -0.4 is 10.3 Å². The van der Waals surface area contributed by atoms with E-state index in [2.05, 4.69) is 4.98 Å². The van der Waals surface area contributed by atoms with Gasteiger partial charge in [-0.25, -0.2) is 0 Å². The predicted molar refractivity (Wildman–Crippen MR) is 58.8 cm³/mol. The van der Waals surface area contributed by atoms with Crippen LogP contribution in [-0.2, 0) is 4.74 Å². The summed E-state index contributed by atoms with van der Waals surface area (Å²) in [6.45, 7) is 1.41. The molecular weight excluding hydrogens is 203 g/mol. The van der Waals surface area contributed by atoms with Gasteiger partial charge in [-0.1, -0.05) is 0 Å². The normalized spacial score (nSPS) is 16.7. The Morgan fingerprint density at radius 2 is 2.19 bits per heavy atom. The fraction of sp³-hybridized carbons (Fsp3) is 0.455. The molecule has 2 heterocycles. The predicted octanol–water partition coefficient (Wildman–Crippen LogP) is 0.305. The van der Waals surface area contributed by atoms with Crippen LogP contribution in [0.2, 0.25) is 0 Å². The van der Waals surface area contributed by atoms with Gasteiger partial charge >= 0.3 is 0 Å². The van der Waals surface area contributed by atoms with E-state index in [0.29, 0.717) is 24.6 Å². The van der Waals surface area contributed by atoms with Crippen LogP contribution in [0.1, 0.15) is 18.5 Å². The molecule has 0 atom stereocenters. The molecule has 16 heavy (non-hydrogen) atoms. The zero-order valence-corrected chi connectivity index (χ0v) is 8.85. The fourth-order valence-corrected chi connectivity index (χ4v) is 1.61. The van der Waals surface area contributed by atoms with E-state index in [1.807, 2.05) is 6.07 Å². The van der Waals surface area contributed by atoms with Crippen molar-refractivity contribution in [3.63, 3.8) is 0 Å². The van der Waals surface area contributed by atoms with Crippen molar-refractivity contribution < 1.29 is 9.47 Å². The minimum atomic E-state index is 0.103. The van der Waals surface area contributed by atoms with Gasteiger partial charge in [-0.15, -0.1) is 0 Å². The number of hydrogen-bond acceptors (Lipinski definition) is 4. The van der Waals surface area contributed by atoms with Gasteiger partial charge in [0.1, 0.15) is 20.0 Å². The molecule has 1 fully saturated rings. The zero-order chi connectivity index (χ0) is 11.4. The minimum absolute atomic E-state index is 0.103. The average Bonchev–Trinajstić information content (AvgIpc) is 2.33. The Morgan fingerprint density at radius 3 is 2.88 bits per heavy atom. The highest BCUT2D eigenvalue weighted by Gasteiger charge is 2.17. The summed E-state index contributed by atoms with van der Waals surface area (Å²) in [6, 6.07) is 5.30. The summed E-state index contributed by atoms with van der Waals surface area (Å²) in [4.78, 5) is 3.92. The molecule has 2 rings (SSSR count). The maximum Gasteiger partial charge on any atom is 0.182 e. The van der Waals surface area contributed by atoms with Gasteiger partial charge in [0.2, 0.25) is 0 Å². The number of pyridine rings is 1. The smallest absolute Gasteiger partial charge is 0.182 e. The van der Waals surface area contributed by atoms with Crippen LogP contribution in [0, 0.1) is 11.3 Å². The van der Waals surface area contributed by atoms with Gasteiger partial charge < -0.3 is 9.47 Å². The lowest BCUT2D eigenvalue weighted by molar-refractivity contribution is 0.0253. The van der Waals surface area contributed by atoms with Gasteiger partial charge in [0, 0.05) is 12.8 Å². The number of rotatable bonds is 2. The largest absolute Gasteiger partial charge is 0.487 e. The summed E-state index contributed by atoms with van der Waals surface area (Å²) in [5, 5.41) is 8.90. The minimum Gasteiger partial charge on any atom is -0.487 e. The second kappa shape index (κ2) is 5.00. The molecular formula is C11H11BN2O2. The summed E-state index contributed by atoms with van der Waals surface area (Å²) in [5.41, 5.74) is 0.572. The lowest BCUT2D eigenvalue weighted by atomic mass is 10.0. The van der Waals surface area contributed by atoms with Gasteiger partial charge in [0.05, 0.1) is 13.2 Å². The van der Waals surface area contributed by atoms with E-state index >= 15 is 0 Å². The Bertz CT molecular complexity index is 411. The molecule has 0 spiro atoms. The monoisotopic (exact) mass is 214 g/mol. The Labute approximate surface area is 95.6 Å². The van der Waals surface area contributed by atoms with Crippen LogP contribution in [0.3, 0.4) is 0 Å². The number of hydrogen-bond donors (Lipinski definition) is 0. The van der Waals surface area contributed by atoms with Crippen molar-refractivity contribution in [2.75, 3.05) is 13.2 Å². The van der Waals surface area contributed by atoms with Gasteiger partial charge in [-0.3, -0.25) is 4.98 Å². The van der Waals surface area contributed by atoms with E-state index < -0.39 is 0 Å². The summed E-state index contributed by atoms with van der Waals surface area (Å²) < 4.78 is 10.9. The molecule has 5 heteroatoms. The van der Waals surface area contributed by atoms with Crippen molar-refractivity contribution in [1.29, 1.82) is 5.26 Å². The molecule has 0 aromatic carbocycles. The van der Waals surface area contributed by atoms with Crippen LogP contribution in [0.25, 0.3) is 0 Å². The molecule has 0 unspecified atom stereocenters. The second-order valence-corrected chi connectivity index (χ2v) is 3.62. The molecule has 0 saturated carbocycles. The van der Waals surface area contributed by atoms with Gasteiger partial charge in [0.25, 0.3) is 0 Å². The lowest BCUT2D eigenvalue weighted by Crippen LogP contribution is -2.26. The molecule has 0 amide bonds. The van der Waals surface area contributed by atoms with Crippen LogP contribution in [0.15, 0.2) is 12.1 Å². The summed E-state index contributed by atoms with van der Waals surface area (Å²) in [5.74, 6) is 0.503. The molecule has 0 N–H and O–H groups in total. The summed E-state index contributed by atoms with van der Waals surface area (Å²) in [7, 11) is 5.50. The van der Waals surface area contributed by atoms with Crippen LogP contribution in [-0.4, -0.2) is 32.1 Å². The first-order chi connectivity index (χ1) is 7.79. The highest BCUT2D eigenvalue weighted by Crippen LogP contribution is 2.19. The number of nitriles is 1. The van der Waals surface area contributed by atoms with Crippen LogP contribution in [0.4, 0.5) is 0 Å². The molecule has 0 bridgehead atoms. The molecule has 1 aliphatic heterocycles. The first-order valence-corrected chi connectivity index (χ1v) is 5.20. The topological polar surface area (TPSA) is 55.1 Å². The molecule has 1 aromatic rings. The van der Waals surface area contributed by atoms with Crippen molar-refractivity contribution in [3.05, 3.63) is 17.8 Å². The highest BCUT2D eigenvalue weighted by molar-refractivity contribution is 6.30. The Kier molecular flexibility index (Phi) is 3.42. The Hall–Kier alpha value is -1.54. The third kappa shape index (κ3) is 2.53. The Morgan fingerprint density at radius 1 is 1.44 bits per heavy atom. The second-order valence-electron chi connectivity index (χ2n) is 3.62. The van der Waals surface area contributed by atoms with E-state index in [4.69, 9.17) is 22.6 Å². The number of nitrogens with zero attached hydrogens (tertiary/aromatic N) is 2. The summed E-state index contributed by atoms with van der Waals surface area (Å²) in [6.07, 6.45) is 1.79. The van der Waals surface area contributed by atoms with Crippen molar-refractivity contribution in [2.24, 2.45) is 0 Å². The molecule has 2 radical (unpaired) electrons. The van der Waals surface area contributed by atoms with E-state index in [1.54, 1.807) is 12.1 Å². The third-order valence-electron chi connectivity index (χ3n) is 2.45. The average molecular weight is 214 g/mol. The van der Waals surface area contributed by atoms with Crippen LogP contribution in [0.5, 0.6) is 5.75 Å². The lowest BCUT2D eigenvalue weighted by Gasteiger charge is -2.23. The summed E-state index contributed by atoms with van der Waals surface area (Å²) >= 11 is 0. The third-order valence-corrected chi connectivity index (χ3v) is 2.45. The van der Waals surface area contributed by atoms with E-state index in [0.717, 1.165) is 12.8 Å². The van der Waals surface area contributed by atoms with Crippen molar-refractivity contribution in [2.45, 2.75) is 18.9 Å². The van der Waals surface area contributed by atoms with Crippen molar-refractivity contribution in [1.82, 2.24) is 4.98 Å². The molecule has 1 saturated heterocycles. The van der Waals surface area contributed by atoms with Crippen molar-refractivity contribution >= 4 is 13.4 Å². The standard InChI is InChI=1S/C11H11BN2O2/c12-11-2-1-10(9(7-13)14-11)16-8-3-5-15-6-4-8/h1-2,8H,3-6H2. The maximum atomic E-state index is 8.90. The highest BCUT2D eigenvalue weighted by atomic mass is 16.5. The molecule has 4 nitrogen and oxygen atoms in total. The van der Waals surface area contributed by atoms with Gasteiger partial charge in [0.15, 0.2) is 11.4 Å². The number of aromatic nitrogens is 1. The van der Waals surface area contributed by atoms with Crippen molar-refractivity contribution in [3.8, 4) is 11.8 Å². The van der Waals surface area contributed by atoms with Gasteiger partial charge in [-0.05, 0) is 17.7 Å². The molecule has 80 valence electrons. The molecule has 0 aliphatic carbocycles. The fourth-order valence-electron chi connectivity index (χ4n) is 1.61. The van der Waals surface area contributed by atoms with E-state index in [9.17, 15) is 0 Å². The number of ether oxygens (including phenoxy) is 2. The quantitative estimate of drug-likeness (QED) is 0.664.